The third-order valence-corrected chi connectivity index (χ3v) is 5.71. The maximum Gasteiger partial charge on any atom is 0.528 e. The molecule has 4 nitrogen and oxygen atoms in total. The number of phosphoric ester groups is 1. The minimum absolute atomic E-state index is 0.388. The Morgan fingerprint density at radius 1 is 1.00 bits per heavy atom. The second-order valence-corrected chi connectivity index (χ2v) is 7.58. The zero-order valence-electron chi connectivity index (χ0n) is 13.3. The lowest BCUT2D eigenvalue weighted by molar-refractivity contribution is 0.179. The van der Waals surface area contributed by atoms with Gasteiger partial charge in [0, 0.05) is 11.1 Å². The van der Waals surface area contributed by atoms with Crippen LogP contribution in [0.2, 0.25) is 0 Å². The molecule has 1 aliphatic heterocycles. The van der Waals surface area contributed by atoms with E-state index in [1.165, 1.54) is 0 Å². The standard InChI is InChI=1S/C20H15O4P/c21-25(22)23-17-11-9-13-5-1-3-7-15(13)19(17)20-16-8-4-2-6-14(16)10-12-18(20)24-25/h1-11,18H,12H2,(H,21,22)/t18-/m0/s1. The SMILES string of the molecule is O=P1(O)Oc2ccc3ccccc3c2C2=c3ccccc3=CC[C@@H]2O1. The van der Waals surface area contributed by atoms with E-state index in [4.69, 9.17) is 9.05 Å². The van der Waals surface area contributed by atoms with Crippen LogP contribution < -0.4 is 15.0 Å². The Morgan fingerprint density at radius 3 is 2.72 bits per heavy atom. The van der Waals surface area contributed by atoms with Gasteiger partial charge in [-0.2, -0.15) is 0 Å². The summed E-state index contributed by atoms with van der Waals surface area (Å²) >= 11 is 0. The largest absolute Gasteiger partial charge is 0.528 e. The van der Waals surface area contributed by atoms with Crippen LogP contribution in [-0.4, -0.2) is 11.0 Å². The summed E-state index contributed by atoms with van der Waals surface area (Å²) < 4.78 is 23.3. The minimum atomic E-state index is -4.18. The summed E-state index contributed by atoms with van der Waals surface area (Å²) in [6.45, 7) is 0. The van der Waals surface area contributed by atoms with Gasteiger partial charge in [-0.3, -0.25) is 9.42 Å². The van der Waals surface area contributed by atoms with E-state index in [1.54, 1.807) is 6.07 Å². The number of fused-ring (bicyclic) bond motifs is 6. The molecule has 0 aromatic heterocycles. The average molecular weight is 350 g/mol. The van der Waals surface area contributed by atoms with Gasteiger partial charge in [0.1, 0.15) is 11.9 Å². The number of benzene rings is 3. The summed E-state index contributed by atoms with van der Waals surface area (Å²) in [6.07, 6.45) is 2.06. The second kappa shape index (κ2) is 5.30. The molecular formula is C20H15O4P. The zero-order chi connectivity index (χ0) is 17.0. The molecular weight excluding hydrogens is 335 g/mol. The molecule has 0 saturated carbocycles. The van der Waals surface area contributed by atoms with Gasteiger partial charge in [-0.25, -0.2) is 4.57 Å². The van der Waals surface area contributed by atoms with Crippen LogP contribution >= 0.6 is 7.82 Å². The van der Waals surface area contributed by atoms with Crippen LogP contribution in [0.25, 0.3) is 22.4 Å². The fraction of sp³-hybridized carbons (Fsp3) is 0.100. The van der Waals surface area contributed by atoms with Gasteiger partial charge >= 0.3 is 7.82 Å². The Bertz CT molecular complexity index is 1180. The third kappa shape index (κ3) is 2.34. The van der Waals surface area contributed by atoms with Crippen LogP contribution in [-0.2, 0) is 9.09 Å². The van der Waals surface area contributed by atoms with E-state index in [1.807, 2.05) is 60.7 Å². The van der Waals surface area contributed by atoms with Gasteiger partial charge in [-0.05, 0) is 33.7 Å². The van der Waals surface area contributed by atoms with Crippen molar-refractivity contribution in [2.75, 3.05) is 0 Å². The highest BCUT2D eigenvalue weighted by atomic mass is 31.2. The lowest BCUT2D eigenvalue weighted by Crippen LogP contribution is -2.35. The Hall–Kier alpha value is -2.39. The number of hydrogen-bond donors (Lipinski definition) is 1. The number of rotatable bonds is 0. The highest BCUT2D eigenvalue weighted by molar-refractivity contribution is 7.47. The van der Waals surface area contributed by atoms with Crippen molar-refractivity contribution >= 4 is 30.2 Å². The van der Waals surface area contributed by atoms with Crippen LogP contribution in [0, 0.1) is 0 Å². The molecule has 0 radical (unpaired) electrons. The fourth-order valence-electron chi connectivity index (χ4n) is 3.75. The molecule has 1 N–H and O–H groups in total. The van der Waals surface area contributed by atoms with Gasteiger partial charge in [-0.1, -0.05) is 60.7 Å². The smallest absolute Gasteiger partial charge is 0.403 e. The number of phosphoric acid groups is 1. The van der Waals surface area contributed by atoms with Gasteiger partial charge in [0.25, 0.3) is 0 Å². The molecule has 2 aliphatic rings. The van der Waals surface area contributed by atoms with E-state index in [9.17, 15) is 9.46 Å². The molecule has 0 saturated heterocycles. The van der Waals surface area contributed by atoms with Gasteiger partial charge in [0.05, 0.1) is 0 Å². The predicted molar refractivity (Wildman–Crippen MR) is 96.6 cm³/mol. The molecule has 1 unspecified atom stereocenters. The monoisotopic (exact) mass is 350 g/mol. The van der Waals surface area contributed by atoms with Gasteiger partial charge in [0.15, 0.2) is 0 Å². The first-order valence-corrected chi connectivity index (χ1v) is 9.64. The molecule has 0 spiro atoms. The highest BCUT2D eigenvalue weighted by Gasteiger charge is 2.37. The first-order valence-electron chi connectivity index (χ1n) is 8.15. The highest BCUT2D eigenvalue weighted by Crippen LogP contribution is 2.53. The van der Waals surface area contributed by atoms with Crippen LogP contribution in [0.4, 0.5) is 0 Å². The van der Waals surface area contributed by atoms with Gasteiger partial charge < -0.3 is 4.52 Å². The third-order valence-electron chi connectivity index (χ3n) is 4.76. The Labute approximate surface area is 144 Å². The van der Waals surface area contributed by atoms with Crippen molar-refractivity contribution in [2.24, 2.45) is 0 Å². The zero-order valence-corrected chi connectivity index (χ0v) is 14.1. The van der Waals surface area contributed by atoms with Crippen LogP contribution in [0.1, 0.15) is 12.0 Å². The molecule has 5 heteroatoms. The molecule has 25 heavy (non-hydrogen) atoms. The lowest BCUT2D eigenvalue weighted by atomic mass is 9.88. The number of hydrogen-bond acceptors (Lipinski definition) is 3. The molecule has 2 atom stereocenters. The molecule has 1 aliphatic carbocycles. The summed E-state index contributed by atoms with van der Waals surface area (Å²) in [6, 6.07) is 19.7. The maximum absolute atomic E-state index is 12.4. The van der Waals surface area contributed by atoms with Crippen molar-refractivity contribution in [1.29, 1.82) is 0 Å². The van der Waals surface area contributed by atoms with E-state index in [2.05, 4.69) is 0 Å². The summed E-state index contributed by atoms with van der Waals surface area (Å²) in [5.41, 5.74) is 1.76. The van der Waals surface area contributed by atoms with E-state index in [-0.39, 0.29) is 0 Å². The van der Waals surface area contributed by atoms with Gasteiger partial charge in [0.2, 0.25) is 0 Å². The van der Waals surface area contributed by atoms with Crippen LogP contribution in [0.3, 0.4) is 0 Å². The average Bonchev–Trinajstić information content (AvgIpc) is 2.73. The van der Waals surface area contributed by atoms with Crippen LogP contribution in [0.15, 0.2) is 60.7 Å². The van der Waals surface area contributed by atoms with Gasteiger partial charge in [-0.15, -0.1) is 0 Å². The summed E-state index contributed by atoms with van der Waals surface area (Å²) in [4.78, 5) is 10.1. The Morgan fingerprint density at radius 2 is 1.80 bits per heavy atom. The molecule has 3 aromatic rings. The van der Waals surface area contributed by atoms with Crippen molar-refractivity contribution in [2.45, 2.75) is 12.5 Å². The maximum atomic E-state index is 12.4. The lowest BCUT2D eigenvalue weighted by Gasteiger charge is -2.21. The van der Waals surface area contributed by atoms with E-state index in [0.717, 1.165) is 32.3 Å². The van der Waals surface area contributed by atoms with Crippen molar-refractivity contribution < 1.29 is 18.5 Å². The molecule has 0 amide bonds. The van der Waals surface area contributed by atoms with Crippen molar-refractivity contribution in [1.82, 2.24) is 0 Å². The molecule has 0 bridgehead atoms. The first-order chi connectivity index (χ1) is 12.1. The molecule has 1 heterocycles. The quantitative estimate of drug-likeness (QED) is 0.633. The second-order valence-electron chi connectivity index (χ2n) is 6.25. The van der Waals surface area contributed by atoms with Crippen molar-refractivity contribution in [3.8, 4) is 5.75 Å². The van der Waals surface area contributed by atoms with Crippen molar-refractivity contribution in [3.05, 3.63) is 76.7 Å². The fourth-order valence-corrected chi connectivity index (χ4v) is 4.71. The van der Waals surface area contributed by atoms with E-state index in [0.29, 0.717) is 12.2 Å². The van der Waals surface area contributed by atoms with Crippen molar-refractivity contribution in [3.63, 3.8) is 0 Å². The molecule has 3 aromatic carbocycles. The Balaban J connectivity index is 2.00. The van der Waals surface area contributed by atoms with Crippen LogP contribution in [0.5, 0.6) is 5.75 Å². The topological polar surface area (TPSA) is 55.8 Å². The summed E-state index contributed by atoms with van der Waals surface area (Å²) in [5.74, 6) is 0.388. The predicted octanol–water partition coefficient (Wildman–Crippen LogP) is 3.10. The molecule has 124 valence electrons. The Kier molecular flexibility index (Phi) is 3.16. The molecule has 5 rings (SSSR count). The normalized spacial score (nSPS) is 24.4. The summed E-state index contributed by atoms with van der Waals surface area (Å²) in [7, 11) is -4.18. The summed E-state index contributed by atoms with van der Waals surface area (Å²) in [5, 5.41) is 4.16. The first kappa shape index (κ1) is 14.9. The van der Waals surface area contributed by atoms with E-state index < -0.39 is 13.9 Å². The molecule has 0 fully saturated rings. The van der Waals surface area contributed by atoms with E-state index >= 15 is 0 Å². The minimum Gasteiger partial charge on any atom is -0.403 e.